The van der Waals surface area contributed by atoms with Gasteiger partial charge in [0.15, 0.2) is 0 Å². The van der Waals surface area contributed by atoms with Gasteiger partial charge in [-0.1, -0.05) is 12.1 Å². The maximum atomic E-state index is 12.4. The van der Waals surface area contributed by atoms with Crippen molar-refractivity contribution in [2.24, 2.45) is 4.99 Å². The third-order valence-electron chi connectivity index (χ3n) is 4.12. The number of aromatic nitrogens is 2. The fraction of sp³-hybridized carbons (Fsp3) is 0.133. The maximum absolute atomic E-state index is 12.4. The van der Waals surface area contributed by atoms with Crippen molar-refractivity contribution >= 4 is 40.1 Å². The third-order valence-corrected chi connectivity index (χ3v) is 4.12. The van der Waals surface area contributed by atoms with Gasteiger partial charge in [0.1, 0.15) is 17.1 Å². The van der Waals surface area contributed by atoms with Crippen LogP contribution in [0.4, 0.5) is 17.3 Å². The molecule has 0 radical (unpaired) electrons. The second-order valence-corrected chi connectivity index (χ2v) is 5.57. The number of carbonyl (C=O) groups excluding carboxylic acids is 1. The molecule has 0 saturated heterocycles. The van der Waals surface area contributed by atoms with Gasteiger partial charge in [0, 0.05) is 23.7 Å². The zero-order valence-electron chi connectivity index (χ0n) is 12.7. The number of nitrogen functional groups attached to an aromatic ring is 1. The van der Waals surface area contributed by atoms with Crippen molar-refractivity contribution in [2.75, 3.05) is 12.3 Å². The number of carbonyl (C=O) groups is 1. The lowest BCUT2D eigenvalue weighted by molar-refractivity contribution is -0.384. The van der Waals surface area contributed by atoms with Gasteiger partial charge in [0.25, 0.3) is 11.6 Å². The van der Waals surface area contributed by atoms with Crippen LogP contribution in [0.5, 0.6) is 5.88 Å². The lowest BCUT2D eigenvalue weighted by Gasteiger charge is -2.09. The number of aliphatic imine (C=N–C) groups is 1. The summed E-state index contributed by atoms with van der Waals surface area (Å²) >= 11 is 0. The number of anilines is 1. The average Bonchev–Trinajstić information content (AvgIpc) is 3.06. The van der Waals surface area contributed by atoms with Crippen molar-refractivity contribution in [1.82, 2.24) is 15.3 Å². The molecule has 1 aromatic heterocycles. The number of nitrogens with two attached hydrogens (primary N) is 1. The van der Waals surface area contributed by atoms with Crippen LogP contribution >= 0.6 is 0 Å². The van der Waals surface area contributed by atoms with Crippen LogP contribution in [0.2, 0.25) is 0 Å². The van der Waals surface area contributed by atoms with Crippen LogP contribution in [0.15, 0.2) is 23.2 Å². The molecule has 0 bridgehead atoms. The molecule has 25 heavy (non-hydrogen) atoms. The summed E-state index contributed by atoms with van der Waals surface area (Å²) in [7, 11) is 0. The Bertz CT molecular complexity index is 1000. The van der Waals surface area contributed by atoms with Gasteiger partial charge >= 0.3 is 0 Å². The summed E-state index contributed by atoms with van der Waals surface area (Å²) in [6.45, 7) is 0.319. The molecule has 10 heteroatoms. The smallest absolute Gasteiger partial charge is 0.295 e. The van der Waals surface area contributed by atoms with Gasteiger partial charge in [-0.25, -0.2) is 4.99 Å². The van der Waals surface area contributed by atoms with Gasteiger partial charge in [-0.05, 0) is 12.0 Å². The van der Waals surface area contributed by atoms with Crippen LogP contribution < -0.4 is 11.1 Å². The normalized spacial score (nSPS) is 16.0. The van der Waals surface area contributed by atoms with E-state index in [9.17, 15) is 20.0 Å². The van der Waals surface area contributed by atoms with Gasteiger partial charge in [-0.2, -0.15) is 4.98 Å². The molecule has 2 aliphatic heterocycles. The first-order chi connectivity index (χ1) is 12.0. The number of nitrogens with one attached hydrogen (secondary N) is 2. The Morgan fingerprint density at radius 3 is 2.84 bits per heavy atom. The first kappa shape index (κ1) is 14.9. The zero-order valence-corrected chi connectivity index (χ0v) is 12.7. The Hall–Kier alpha value is -3.69. The second kappa shape index (κ2) is 5.16. The Balaban J connectivity index is 2.05. The SMILES string of the molecule is Nc1nc(O)c(C2=C3C(=Nc4c3cccc4[N+](=O)[O-])C(=O)NCC2)[nH]1. The molecule has 10 nitrogen and oxygen atoms in total. The Kier molecular flexibility index (Phi) is 3.07. The number of hydrogen-bond acceptors (Lipinski definition) is 7. The molecule has 1 aromatic carbocycles. The predicted octanol–water partition coefficient (Wildman–Crippen LogP) is 1.12. The summed E-state index contributed by atoms with van der Waals surface area (Å²) < 4.78 is 0. The molecular formula is C15H12N6O4. The first-order valence-corrected chi connectivity index (χ1v) is 7.40. The molecule has 3 heterocycles. The number of imidazole rings is 1. The fourth-order valence-corrected chi connectivity index (χ4v) is 3.12. The van der Waals surface area contributed by atoms with E-state index >= 15 is 0 Å². The van der Waals surface area contributed by atoms with Crippen molar-refractivity contribution in [3.63, 3.8) is 0 Å². The molecule has 2 aromatic rings. The van der Waals surface area contributed by atoms with Gasteiger partial charge < -0.3 is 21.1 Å². The fourth-order valence-electron chi connectivity index (χ4n) is 3.12. The van der Waals surface area contributed by atoms with E-state index in [1.807, 2.05) is 0 Å². The van der Waals surface area contributed by atoms with Crippen molar-refractivity contribution in [3.05, 3.63) is 39.6 Å². The number of nitrogens with zero attached hydrogens (tertiary/aromatic N) is 3. The molecule has 2 aliphatic rings. The van der Waals surface area contributed by atoms with Crippen molar-refractivity contribution in [3.8, 4) is 5.88 Å². The molecule has 4 rings (SSSR count). The number of H-pyrrole nitrogens is 1. The van der Waals surface area contributed by atoms with Crippen molar-refractivity contribution in [2.45, 2.75) is 6.42 Å². The summed E-state index contributed by atoms with van der Waals surface area (Å²) in [6, 6.07) is 4.52. The first-order valence-electron chi connectivity index (χ1n) is 7.40. The Labute approximate surface area is 140 Å². The highest BCUT2D eigenvalue weighted by Gasteiger charge is 2.36. The molecule has 5 N–H and O–H groups in total. The lowest BCUT2D eigenvalue weighted by Crippen LogP contribution is -2.29. The van der Waals surface area contributed by atoms with Crippen molar-refractivity contribution in [1.29, 1.82) is 0 Å². The maximum Gasteiger partial charge on any atom is 0.295 e. The number of fused-ring (bicyclic) bond motifs is 3. The van der Waals surface area contributed by atoms with Gasteiger partial charge in [0.2, 0.25) is 11.8 Å². The minimum Gasteiger partial charge on any atom is -0.492 e. The molecule has 0 unspecified atom stereocenters. The van der Waals surface area contributed by atoms with E-state index in [1.54, 1.807) is 6.07 Å². The number of aromatic hydroxyl groups is 1. The zero-order chi connectivity index (χ0) is 17.7. The van der Waals surface area contributed by atoms with Crippen LogP contribution in [0.25, 0.3) is 11.1 Å². The third kappa shape index (κ3) is 2.15. The molecular weight excluding hydrogens is 328 g/mol. The number of para-hydroxylation sites is 1. The summed E-state index contributed by atoms with van der Waals surface area (Å²) in [4.78, 5) is 33.8. The highest BCUT2D eigenvalue weighted by Crippen LogP contribution is 2.46. The Morgan fingerprint density at radius 1 is 1.36 bits per heavy atom. The van der Waals surface area contributed by atoms with E-state index < -0.39 is 10.8 Å². The topological polar surface area (TPSA) is 160 Å². The number of benzene rings is 1. The monoisotopic (exact) mass is 340 g/mol. The molecule has 0 saturated carbocycles. The van der Waals surface area contributed by atoms with Crippen LogP contribution in [0, 0.1) is 10.1 Å². The second-order valence-electron chi connectivity index (χ2n) is 5.57. The molecule has 0 spiro atoms. The van der Waals surface area contributed by atoms with E-state index in [0.29, 0.717) is 29.7 Å². The van der Waals surface area contributed by atoms with Crippen LogP contribution in [-0.2, 0) is 4.79 Å². The number of rotatable bonds is 2. The van der Waals surface area contributed by atoms with Crippen LogP contribution in [0.3, 0.4) is 0 Å². The van der Waals surface area contributed by atoms with E-state index in [-0.39, 0.29) is 34.6 Å². The lowest BCUT2D eigenvalue weighted by atomic mass is 9.93. The number of nitro benzene ring substituents is 1. The van der Waals surface area contributed by atoms with Crippen LogP contribution in [-0.4, -0.2) is 38.2 Å². The summed E-state index contributed by atoms with van der Waals surface area (Å²) in [5, 5.41) is 24.0. The molecule has 1 amide bonds. The highest BCUT2D eigenvalue weighted by molar-refractivity contribution is 6.60. The van der Waals surface area contributed by atoms with E-state index in [4.69, 9.17) is 5.73 Å². The van der Waals surface area contributed by atoms with E-state index in [1.165, 1.54) is 12.1 Å². The van der Waals surface area contributed by atoms with E-state index in [0.717, 1.165) is 0 Å². The summed E-state index contributed by atoms with van der Waals surface area (Å²) in [5.74, 6) is -0.699. The van der Waals surface area contributed by atoms with Crippen molar-refractivity contribution < 1.29 is 14.8 Å². The number of amides is 1. The molecule has 0 aliphatic carbocycles. The number of nitro groups is 1. The van der Waals surface area contributed by atoms with Crippen LogP contribution in [0.1, 0.15) is 17.7 Å². The quantitative estimate of drug-likeness (QED) is 0.473. The standard InChI is InChI=1S/C15H12N6O4/c16-15-19-11(14(23)20-15)7-4-5-17-13(22)12-9(7)6-2-1-3-8(21(24)25)10(6)18-12/h1-3,23H,4-5H2,(H,17,22)(H3,16,19,20). The van der Waals surface area contributed by atoms with Gasteiger partial charge in [-0.3, -0.25) is 14.9 Å². The van der Waals surface area contributed by atoms with Gasteiger partial charge in [-0.15, -0.1) is 0 Å². The Morgan fingerprint density at radius 2 is 2.16 bits per heavy atom. The van der Waals surface area contributed by atoms with Gasteiger partial charge in [0.05, 0.1) is 4.92 Å². The number of aromatic amines is 1. The molecule has 0 fully saturated rings. The average molecular weight is 340 g/mol. The molecule has 126 valence electrons. The highest BCUT2D eigenvalue weighted by atomic mass is 16.6. The summed E-state index contributed by atoms with van der Waals surface area (Å²) in [6.07, 6.45) is 0.372. The minimum absolute atomic E-state index is 0.0277. The minimum atomic E-state index is -0.544. The predicted molar refractivity (Wildman–Crippen MR) is 89.3 cm³/mol. The summed E-state index contributed by atoms with van der Waals surface area (Å²) in [5.41, 5.74) is 7.35. The molecule has 0 atom stereocenters. The number of hydrogen-bond donors (Lipinski definition) is 4. The van der Waals surface area contributed by atoms with E-state index in [2.05, 4.69) is 20.3 Å². The largest absolute Gasteiger partial charge is 0.492 e.